The average molecular weight is 290 g/mol. The van der Waals surface area contributed by atoms with Gasteiger partial charge in [-0.05, 0) is 37.0 Å². The molecule has 1 aromatic rings. The van der Waals surface area contributed by atoms with E-state index in [9.17, 15) is 9.90 Å². The maximum atomic E-state index is 11.9. The third kappa shape index (κ3) is 6.06. The van der Waals surface area contributed by atoms with Crippen molar-refractivity contribution in [2.75, 3.05) is 6.54 Å². The first-order valence-electron chi connectivity index (χ1n) is 8.06. The molecule has 0 saturated heterocycles. The molecular weight excluding hydrogens is 264 g/mol. The molecule has 0 spiro atoms. The third-order valence-electron chi connectivity index (χ3n) is 4.05. The molecule has 1 aliphatic rings. The van der Waals surface area contributed by atoms with E-state index in [1.54, 1.807) is 12.1 Å². The quantitative estimate of drug-likeness (QED) is 0.796. The monoisotopic (exact) mass is 290 g/mol. The van der Waals surface area contributed by atoms with Crippen LogP contribution in [-0.2, 0) is 6.42 Å². The minimum Gasteiger partial charge on any atom is -0.508 e. The van der Waals surface area contributed by atoms with E-state index < -0.39 is 0 Å². The van der Waals surface area contributed by atoms with Crippen LogP contribution in [0, 0.1) is 0 Å². The second kappa shape index (κ2) is 8.55. The third-order valence-corrected chi connectivity index (χ3v) is 4.05. The molecule has 0 unspecified atom stereocenters. The van der Waals surface area contributed by atoms with E-state index in [1.807, 2.05) is 12.1 Å². The van der Waals surface area contributed by atoms with Gasteiger partial charge in [0.1, 0.15) is 5.75 Å². The van der Waals surface area contributed by atoms with Crippen LogP contribution in [0.4, 0.5) is 4.79 Å². The topological polar surface area (TPSA) is 61.4 Å². The van der Waals surface area contributed by atoms with Gasteiger partial charge in [-0.1, -0.05) is 44.2 Å². The van der Waals surface area contributed by atoms with Gasteiger partial charge < -0.3 is 15.7 Å². The summed E-state index contributed by atoms with van der Waals surface area (Å²) in [5.41, 5.74) is 1.03. The molecular formula is C17H26N2O2. The lowest BCUT2D eigenvalue weighted by Gasteiger charge is -2.21. The van der Waals surface area contributed by atoms with E-state index >= 15 is 0 Å². The Morgan fingerprint density at radius 3 is 2.57 bits per heavy atom. The molecule has 2 amide bonds. The number of carbonyl (C=O) groups is 1. The Labute approximate surface area is 126 Å². The average Bonchev–Trinajstić information content (AvgIpc) is 2.42. The molecule has 0 aromatic heterocycles. The van der Waals surface area contributed by atoms with Crippen molar-refractivity contribution in [3.05, 3.63) is 29.8 Å². The molecule has 0 atom stereocenters. The van der Waals surface area contributed by atoms with E-state index in [2.05, 4.69) is 10.6 Å². The van der Waals surface area contributed by atoms with Gasteiger partial charge in [-0.25, -0.2) is 4.79 Å². The fraction of sp³-hybridized carbons (Fsp3) is 0.588. The molecule has 1 saturated carbocycles. The second-order valence-corrected chi connectivity index (χ2v) is 5.86. The summed E-state index contributed by atoms with van der Waals surface area (Å²) in [5.74, 6) is 0.270. The molecule has 0 aliphatic heterocycles. The Kier molecular flexibility index (Phi) is 6.38. The van der Waals surface area contributed by atoms with Gasteiger partial charge in [-0.2, -0.15) is 0 Å². The highest BCUT2D eigenvalue weighted by atomic mass is 16.3. The highest BCUT2D eigenvalue weighted by Crippen LogP contribution is 2.17. The number of hydrogen-bond acceptors (Lipinski definition) is 2. The van der Waals surface area contributed by atoms with Crippen LogP contribution in [0.5, 0.6) is 5.75 Å². The van der Waals surface area contributed by atoms with Crippen molar-refractivity contribution < 1.29 is 9.90 Å². The molecule has 0 heterocycles. The van der Waals surface area contributed by atoms with Crippen LogP contribution in [0.2, 0.25) is 0 Å². The van der Waals surface area contributed by atoms with Crippen molar-refractivity contribution in [2.45, 2.75) is 57.4 Å². The van der Waals surface area contributed by atoms with E-state index in [0.717, 1.165) is 24.8 Å². The molecule has 1 aliphatic carbocycles. The number of hydrogen-bond donors (Lipinski definition) is 3. The number of carbonyl (C=O) groups excluding carboxylic acids is 1. The second-order valence-electron chi connectivity index (χ2n) is 5.86. The predicted molar refractivity (Wildman–Crippen MR) is 84.5 cm³/mol. The van der Waals surface area contributed by atoms with Gasteiger partial charge in [0, 0.05) is 12.6 Å². The van der Waals surface area contributed by atoms with E-state index in [-0.39, 0.29) is 11.8 Å². The zero-order chi connectivity index (χ0) is 14.9. The number of phenols is 1. The van der Waals surface area contributed by atoms with Crippen molar-refractivity contribution in [3.8, 4) is 5.75 Å². The van der Waals surface area contributed by atoms with Crippen LogP contribution < -0.4 is 10.6 Å². The Balaban J connectivity index is 1.66. The lowest BCUT2D eigenvalue weighted by molar-refractivity contribution is 0.234. The molecule has 2 rings (SSSR count). The summed E-state index contributed by atoms with van der Waals surface area (Å²) in [7, 11) is 0. The van der Waals surface area contributed by atoms with Crippen LogP contribution in [-0.4, -0.2) is 23.7 Å². The fourth-order valence-electron chi connectivity index (χ4n) is 2.87. The smallest absolute Gasteiger partial charge is 0.315 e. The summed E-state index contributed by atoms with van der Waals surface area (Å²) in [6.45, 7) is 0.585. The van der Waals surface area contributed by atoms with Crippen LogP contribution >= 0.6 is 0 Å². The zero-order valence-corrected chi connectivity index (χ0v) is 12.6. The maximum Gasteiger partial charge on any atom is 0.315 e. The van der Waals surface area contributed by atoms with Gasteiger partial charge in [0.15, 0.2) is 0 Å². The molecule has 1 aromatic carbocycles. The Hall–Kier alpha value is -1.71. The summed E-state index contributed by atoms with van der Waals surface area (Å²) >= 11 is 0. The summed E-state index contributed by atoms with van der Waals surface area (Å²) in [6.07, 6.45) is 9.27. The minimum absolute atomic E-state index is 0.0688. The van der Waals surface area contributed by atoms with Gasteiger partial charge in [0.2, 0.25) is 0 Å². The van der Waals surface area contributed by atoms with Crippen LogP contribution in [0.3, 0.4) is 0 Å². The van der Waals surface area contributed by atoms with Crippen LogP contribution in [0.25, 0.3) is 0 Å². The lowest BCUT2D eigenvalue weighted by atomic mass is 9.97. The Bertz CT molecular complexity index is 440. The summed E-state index contributed by atoms with van der Waals surface area (Å²) < 4.78 is 0. The maximum absolute atomic E-state index is 11.9. The molecule has 21 heavy (non-hydrogen) atoms. The first kappa shape index (κ1) is 15.7. The van der Waals surface area contributed by atoms with Crippen LogP contribution in [0.15, 0.2) is 24.3 Å². The first-order valence-corrected chi connectivity index (χ1v) is 8.06. The Morgan fingerprint density at radius 1 is 1.14 bits per heavy atom. The SMILES string of the molecule is O=C(NCCc1cccc(O)c1)NC1CCCCCCC1. The molecule has 116 valence electrons. The summed E-state index contributed by atoms with van der Waals surface area (Å²) in [5, 5.41) is 15.4. The van der Waals surface area contributed by atoms with E-state index in [1.165, 1.54) is 32.1 Å². The molecule has 0 radical (unpaired) electrons. The highest BCUT2D eigenvalue weighted by Gasteiger charge is 2.13. The van der Waals surface area contributed by atoms with Crippen molar-refractivity contribution in [1.29, 1.82) is 0 Å². The van der Waals surface area contributed by atoms with Crippen molar-refractivity contribution in [3.63, 3.8) is 0 Å². The lowest BCUT2D eigenvalue weighted by Crippen LogP contribution is -2.43. The van der Waals surface area contributed by atoms with Gasteiger partial charge >= 0.3 is 6.03 Å². The fourth-order valence-corrected chi connectivity index (χ4v) is 2.87. The van der Waals surface area contributed by atoms with Gasteiger partial charge in [0.05, 0.1) is 0 Å². The number of aromatic hydroxyl groups is 1. The molecule has 3 N–H and O–H groups in total. The summed E-state index contributed by atoms with van der Waals surface area (Å²) in [6, 6.07) is 7.41. The van der Waals surface area contributed by atoms with Gasteiger partial charge in [-0.15, -0.1) is 0 Å². The first-order chi connectivity index (χ1) is 10.2. The number of phenolic OH excluding ortho intramolecular Hbond substituents is 1. The van der Waals surface area contributed by atoms with Crippen molar-refractivity contribution >= 4 is 6.03 Å². The number of benzene rings is 1. The predicted octanol–water partition coefficient (Wildman–Crippen LogP) is 3.35. The summed E-state index contributed by atoms with van der Waals surface area (Å²) in [4.78, 5) is 11.9. The number of urea groups is 1. The Morgan fingerprint density at radius 2 is 1.86 bits per heavy atom. The number of amides is 2. The van der Waals surface area contributed by atoms with E-state index in [0.29, 0.717) is 12.6 Å². The van der Waals surface area contributed by atoms with E-state index in [4.69, 9.17) is 0 Å². The highest BCUT2D eigenvalue weighted by molar-refractivity contribution is 5.74. The largest absolute Gasteiger partial charge is 0.508 e. The number of nitrogens with one attached hydrogen (secondary N) is 2. The standard InChI is InChI=1S/C17H26N2O2/c20-16-10-6-7-14(13-16)11-12-18-17(21)19-15-8-4-2-1-3-5-9-15/h6-7,10,13,15,20H,1-5,8-9,11-12H2,(H2,18,19,21). The number of rotatable bonds is 4. The normalized spacial score (nSPS) is 16.8. The van der Waals surface area contributed by atoms with Crippen molar-refractivity contribution in [1.82, 2.24) is 10.6 Å². The van der Waals surface area contributed by atoms with Crippen molar-refractivity contribution in [2.24, 2.45) is 0 Å². The van der Waals surface area contributed by atoms with Gasteiger partial charge in [0.25, 0.3) is 0 Å². The minimum atomic E-state index is -0.0688. The zero-order valence-electron chi connectivity index (χ0n) is 12.6. The molecule has 4 nitrogen and oxygen atoms in total. The molecule has 4 heteroatoms. The molecule has 1 fully saturated rings. The molecule has 0 bridgehead atoms. The van der Waals surface area contributed by atoms with Gasteiger partial charge in [-0.3, -0.25) is 0 Å². The van der Waals surface area contributed by atoms with Crippen LogP contribution in [0.1, 0.15) is 50.5 Å².